The number of hydrogen-bond acceptors (Lipinski definition) is 6. The molecule has 7 nitrogen and oxygen atoms in total. The van der Waals surface area contributed by atoms with Gasteiger partial charge in [-0.1, -0.05) is 35.9 Å². The van der Waals surface area contributed by atoms with Gasteiger partial charge in [-0.25, -0.2) is 5.43 Å². The van der Waals surface area contributed by atoms with Gasteiger partial charge in [0.05, 0.1) is 11.2 Å². The number of rotatable bonds is 6. The standard InChI is InChI=1S/C17H15ClN6OS/c1-26-13-8-6-12(7-9-13)10-19-20-16(25)11-24-22-17(21-23-24)14-4-2-3-5-15(14)18/h2-10H,11H2,1H3,(H,20,25)/b19-10-. The molecule has 132 valence electrons. The summed E-state index contributed by atoms with van der Waals surface area (Å²) in [5.74, 6) is 0.00544. The summed E-state index contributed by atoms with van der Waals surface area (Å²) >= 11 is 7.77. The Balaban J connectivity index is 1.57. The van der Waals surface area contributed by atoms with Gasteiger partial charge in [-0.3, -0.25) is 4.79 Å². The minimum Gasteiger partial charge on any atom is -0.271 e. The SMILES string of the molecule is CSc1ccc(/C=N\NC(=O)Cn2nnc(-c3ccccc3Cl)n2)cc1. The maximum Gasteiger partial charge on any atom is 0.263 e. The summed E-state index contributed by atoms with van der Waals surface area (Å²) in [7, 11) is 0. The molecule has 0 saturated carbocycles. The zero-order valence-corrected chi connectivity index (χ0v) is 15.4. The van der Waals surface area contributed by atoms with E-state index in [-0.39, 0.29) is 12.5 Å². The van der Waals surface area contributed by atoms with E-state index in [1.54, 1.807) is 30.1 Å². The van der Waals surface area contributed by atoms with Gasteiger partial charge in [-0.15, -0.1) is 22.0 Å². The lowest BCUT2D eigenvalue weighted by Crippen LogP contribution is -2.24. The molecule has 0 bridgehead atoms. The quantitative estimate of drug-likeness (QED) is 0.400. The highest BCUT2D eigenvalue weighted by molar-refractivity contribution is 7.98. The van der Waals surface area contributed by atoms with Crippen LogP contribution in [-0.4, -0.2) is 38.6 Å². The van der Waals surface area contributed by atoms with E-state index >= 15 is 0 Å². The number of amides is 1. The molecule has 26 heavy (non-hydrogen) atoms. The number of benzene rings is 2. The van der Waals surface area contributed by atoms with E-state index in [1.807, 2.05) is 42.7 Å². The van der Waals surface area contributed by atoms with Crippen molar-refractivity contribution in [2.45, 2.75) is 11.4 Å². The van der Waals surface area contributed by atoms with Crippen LogP contribution in [0.2, 0.25) is 5.02 Å². The van der Waals surface area contributed by atoms with Crippen molar-refractivity contribution in [2.24, 2.45) is 5.10 Å². The third-order valence-electron chi connectivity index (χ3n) is 3.37. The molecule has 0 radical (unpaired) electrons. The monoisotopic (exact) mass is 386 g/mol. The van der Waals surface area contributed by atoms with Crippen LogP contribution in [0.1, 0.15) is 5.56 Å². The summed E-state index contributed by atoms with van der Waals surface area (Å²) in [5.41, 5.74) is 3.99. The summed E-state index contributed by atoms with van der Waals surface area (Å²) in [6.07, 6.45) is 3.59. The van der Waals surface area contributed by atoms with Crippen LogP contribution in [-0.2, 0) is 11.3 Å². The van der Waals surface area contributed by atoms with Crippen LogP contribution in [0.4, 0.5) is 0 Å². The number of carbonyl (C=O) groups excluding carboxylic acids is 1. The number of carbonyl (C=O) groups is 1. The fraction of sp³-hybridized carbons (Fsp3) is 0.118. The largest absolute Gasteiger partial charge is 0.271 e. The molecule has 3 rings (SSSR count). The van der Waals surface area contributed by atoms with Gasteiger partial charge in [0.25, 0.3) is 5.91 Å². The second-order valence-corrected chi connectivity index (χ2v) is 6.48. The molecule has 0 spiro atoms. The Bertz CT molecular complexity index is 925. The Morgan fingerprint density at radius 2 is 2.04 bits per heavy atom. The number of aromatic nitrogens is 4. The molecule has 0 fully saturated rings. The van der Waals surface area contributed by atoms with Crippen LogP contribution in [0.25, 0.3) is 11.4 Å². The van der Waals surface area contributed by atoms with E-state index in [1.165, 1.54) is 4.80 Å². The van der Waals surface area contributed by atoms with Gasteiger partial charge in [0.1, 0.15) is 6.54 Å². The van der Waals surface area contributed by atoms with Gasteiger partial charge in [-0.05, 0) is 41.3 Å². The van der Waals surface area contributed by atoms with Crippen LogP contribution in [0.5, 0.6) is 0 Å². The Kier molecular flexibility index (Phi) is 5.98. The van der Waals surface area contributed by atoms with Gasteiger partial charge < -0.3 is 0 Å². The van der Waals surface area contributed by atoms with Crippen molar-refractivity contribution >= 4 is 35.5 Å². The third kappa shape index (κ3) is 4.68. The number of halogens is 1. The van der Waals surface area contributed by atoms with Crippen molar-refractivity contribution in [2.75, 3.05) is 6.26 Å². The summed E-state index contributed by atoms with van der Waals surface area (Å²) < 4.78 is 0. The Morgan fingerprint density at radius 1 is 1.27 bits per heavy atom. The van der Waals surface area contributed by atoms with Gasteiger partial charge >= 0.3 is 0 Å². The topological polar surface area (TPSA) is 85.1 Å². The molecule has 0 unspecified atom stereocenters. The summed E-state index contributed by atoms with van der Waals surface area (Å²) in [5, 5.41) is 16.4. The molecule has 1 N–H and O–H groups in total. The number of tetrazole rings is 1. The predicted octanol–water partition coefficient (Wildman–Crippen LogP) is 2.87. The zero-order chi connectivity index (χ0) is 18.4. The molecule has 2 aromatic carbocycles. The predicted molar refractivity (Wildman–Crippen MR) is 102 cm³/mol. The molecule has 1 aromatic heterocycles. The van der Waals surface area contributed by atoms with E-state index in [0.29, 0.717) is 16.4 Å². The average Bonchev–Trinajstić information content (AvgIpc) is 3.11. The number of nitrogens with zero attached hydrogens (tertiary/aromatic N) is 5. The minimum absolute atomic E-state index is 0.0970. The van der Waals surface area contributed by atoms with Crippen molar-refractivity contribution < 1.29 is 4.79 Å². The second kappa shape index (κ2) is 8.59. The summed E-state index contributed by atoms with van der Waals surface area (Å²) in [6, 6.07) is 15.0. The molecule has 0 atom stereocenters. The van der Waals surface area contributed by atoms with Crippen LogP contribution in [0.3, 0.4) is 0 Å². The fourth-order valence-corrected chi connectivity index (χ4v) is 2.72. The van der Waals surface area contributed by atoms with Crippen molar-refractivity contribution in [1.82, 2.24) is 25.6 Å². The Labute approximate surface area is 159 Å². The molecule has 1 amide bonds. The number of nitrogens with one attached hydrogen (secondary N) is 1. The molecule has 1 heterocycles. The van der Waals surface area contributed by atoms with Crippen LogP contribution >= 0.6 is 23.4 Å². The highest BCUT2D eigenvalue weighted by atomic mass is 35.5. The highest BCUT2D eigenvalue weighted by Gasteiger charge is 2.11. The van der Waals surface area contributed by atoms with Gasteiger partial charge in [-0.2, -0.15) is 9.90 Å². The first-order valence-corrected chi connectivity index (χ1v) is 9.24. The van der Waals surface area contributed by atoms with Crippen molar-refractivity contribution in [1.29, 1.82) is 0 Å². The van der Waals surface area contributed by atoms with E-state index in [2.05, 4.69) is 25.9 Å². The Hall–Kier alpha value is -2.71. The number of hydrogen-bond donors (Lipinski definition) is 1. The lowest BCUT2D eigenvalue weighted by molar-refractivity contribution is -0.122. The first-order valence-electron chi connectivity index (χ1n) is 7.64. The first-order chi connectivity index (χ1) is 12.7. The van der Waals surface area contributed by atoms with Crippen molar-refractivity contribution in [3.8, 4) is 11.4 Å². The molecule has 0 aliphatic carbocycles. The van der Waals surface area contributed by atoms with Crippen LogP contribution in [0, 0.1) is 0 Å². The molecular weight excluding hydrogens is 372 g/mol. The maximum absolute atomic E-state index is 11.9. The fourth-order valence-electron chi connectivity index (χ4n) is 2.09. The molecule has 3 aromatic rings. The molecular formula is C17H15ClN6OS. The van der Waals surface area contributed by atoms with Gasteiger partial charge in [0.15, 0.2) is 0 Å². The lowest BCUT2D eigenvalue weighted by Gasteiger charge is -1.99. The average molecular weight is 387 g/mol. The zero-order valence-electron chi connectivity index (χ0n) is 13.8. The normalized spacial score (nSPS) is 11.0. The number of hydrazone groups is 1. The van der Waals surface area contributed by atoms with Crippen LogP contribution < -0.4 is 5.43 Å². The van der Waals surface area contributed by atoms with E-state index in [0.717, 1.165) is 10.5 Å². The van der Waals surface area contributed by atoms with Crippen molar-refractivity contribution in [3.05, 3.63) is 59.1 Å². The second-order valence-electron chi connectivity index (χ2n) is 5.19. The third-order valence-corrected chi connectivity index (χ3v) is 4.44. The maximum atomic E-state index is 11.9. The molecule has 9 heteroatoms. The smallest absolute Gasteiger partial charge is 0.263 e. The van der Waals surface area contributed by atoms with Crippen LogP contribution in [0.15, 0.2) is 58.5 Å². The highest BCUT2D eigenvalue weighted by Crippen LogP contribution is 2.23. The number of thioether (sulfide) groups is 1. The summed E-state index contributed by atoms with van der Waals surface area (Å²) in [6.45, 7) is -0.0970. The first kappa shape index (κ1) is 18.1. The molecule has 0 saturated heterocycles. The molecule has 0 aliphatic rings. The van der Waals surface area contributed by atoms with Gasteiger partial charge in [0, 0.05) is 10.5 Å². The van der Waals surface area contributed by atoms with E-state index in [4.69, 9.17) is 11.6 Å². The van der Waals surface area contributed by atoms with Gasteiger partial charge in [0.2, 0.25) is 5.82 Å². The van der Waals surface area contributed by atoms with Crippen molar-refractivity contribution in [3.63, 3.8) is 0 Å². The molecule has 0 aliphatic heterocycles. The van der Waals surface area contributed by atoms with E-state index in [9.17, 15) is 4.79 Å². The lowest BCUT2D eigenvalue weighted by atomic mass is 10.2. The minimum atomic E-state index is -0.356. The van der Waals surface area contributed by atoms with E-state index < -0.39 is 0 Å². The summed E-state index contributed by atoms with van der Waals surface area (Å²) in [4.78, 5) is 14.3. The Morgan fingerprint density at radius 3 is 2.77 bits per heavy atom.